The summed E-state index contributed by atoms with van der Waals surface area (Å²) in [6, 6.07) is 0. The molecule has 0 bridgehead atoms. The number of carbonyl (C=O) groups is 1. The Morgan fingerprint density at radius 1 is 0.452 bits per heavy atom. The predicted molar refractivity (Wildman–Crippen MR) is 288 cm³/mol. The summed E-state index contributed by atoms with van der Waals surface area (Å²) in [6.07, 6.45) is 44.3. The van der Waals surface area contributed by atoms with Crippen molar-refractivity contribution in [2.45, 2.75) is 223 Å². The molecule has 14 heteroatoms. The van der Waals surface area contributed by atoms with E-state index in [-0.39, 0.29) is 19.6 Å². The van der Waals surface area contributed by atoms with E-state index in [0.29, 0.717) is 13.0 Å². The van der Waals surface area contributed by atoms with E-state index >= 15 is 0 Å². The van der Waals surface area contributed by atoms with Gasteiger partial charge in [0.2, 0.25) is 0 Å². The van der Waals surface area contributed by atoms with Crippen LogP contribution in [0.3, 0.4) is 0 Å². The molecule has 0 aromatic heterocycles. The fourth-order valence-corrected chi connectivity index (χ4v) is 7.89. The summed E-state index contributed by atoms with van der Waals surface area (Å²) in [4.78, 5) is 13.0. The number of ether oxygens (including phenoxy) is 6. The third-order valence-corrected chi connectivity index (χ3v) is 12.3. The summed E-state index contributed by atoms with van der Waals surface area (Å²) in [5.74, 6) is -0.416. The second kappa shape index (κ2) is 44.9. The maximum atomic E-state index is 13.0. The molecule has 0 aromatic rings. The third-order valence-electron chi connectivity index (χ3n) is 12.3. The number of rotatable bonds is 42. The first kappa shape index (κ1) is 65.8. The van der Waals surface area contributed by atoms with Gasteiger partial charge in [-0.3, -0.25) is 4.79 Å². The first-order valence-corrected chi connectivity index (χ1v) is 27.5. The minimum Gasteiger partial charge on any atom is -0.457 e. The number of esters is 1. The molecule has 14 nitrogen and oxygen atoms in total. The summed E-state index contributed by atoms with van der Waals surface area (Å²) in [5.41, 5.74) is 0. The Hall–Kier alpha value is -3.35. The minimum absolute atomic E-state index is 0.0325. The summed E-state index contributed by atoms with van der Waals surface area (Å²) in [6.45, 7) is 3.36. The number of unbranched alkanes of at least 4 members (excludes halogenated alkanes) is 10. The maximum absolute atomic E-state index is 13.0. The lowest BCUT2D eigenvalue weighted by Gasteiger charge is -2.42. The van der Waals surface area contributed by atoms with E-state index < -0.39 is 86.7 Å². The molecule has 2 aliphatic rings. The van der Waals surface area contributed by atoms with Crippen LogP contribution in [0.2, 0.25) is 0 Å². The molecule has 2 saturated heterocycles. The van der Waals surface area contributed by atoms with Gasteiger partial charge in [-0.15, -0.1) is 0 Å². The van der Waals surface area contributed by atoms with Crippen molar-refractivity contribution < 1.29 is 69.0 Å². The van der Waals surface area contributed by atoms with Crippen molar-refractivity contribution >= 4 is 5.97 Å². The van der Waals surface area contributed by atoms with Crippen LogP contribution in [0.5, 0.6) is 0 Å². The van der Waals surface area contributed by atoms with Crippen LogP contribution < -0.4 is 0 Å². The molecule has 0 aromatic carbocycles. The van der Waals surface area contributed by atoms with Gasteiger partial charge in [-0.1, -0.05) is 162 Å². The third kappa shape index (κ3) is 32.0. The van der Waals surface area contributed by atoms with Gasteiger partial charge in [0.05, 0.1) is 26.4 Å². The Morgan fingerprint density at radius 3 is 1.33 bits per heavy atom. The molecule has 73 heavy (non-hydrogen) atoms. The van der Waals surface area contributed by atoms with Crippen LogP contribution in [0.25, 0.3) is 0 Å². The fourth-order valence-electron chi connectivity index (χ4n) is 7.89. The van der Waals surface area contributed by atoms with Crippen molar-refractivity contribution in [3.8, 4) is 0 Å². The Bertz CT molecular complexity index is 1620. The van der Waals surface area contributed by atoms with Gasteiger partial charge in [-0.05, 0) is 96.3 Å². The van der Waals surface area contributed by atoms with Gasteiger partial charge in [0, 0.05) is 13.0 Å². The maximum Gasteiger partial charge on any atom is 0.306 e. The quantitative estimate of drug-likeness (QED) is 0.0173. The zero-order chi connectivity index (χ0) is 53.0. The molecule has 0 amide bonds. The molecule has 2 rings (SSSR count). The highest BCUT2D eigenvalue weighted by Gasteiger charge is 2.47. The predicted octanol–water partition coefficient (Wildman–Crippen LogP) is 9.18. The van der Waals surface area contributed by atoms with Crippen LogP contribution in [-0.4, -0.2) is 142 Å². The van der Waals surface area contributed by atoms with Gasteiger partial charge in [-0.2, -0.15) is 0 Å². The van der Waals surface area contributed by atoms with Crippen molar-refractivity contribution in [1.29, 1.82) is 0 Å². The highest BCUT2D eigenvalue weighted by atomic mass is 16.7. The number of aliphatic hydroxyl groups is 7. The van der Waals surface area contributed by atoms with Crippen LogP contribution in [-0.2, 0) is 33.2 Å². The van der Waals surface area contributed by atoms with Gasteiger partial charge in [-0.25, -0.2) is 0 Å². The highest BCUT2D eigenvalue weighted by molar-refractivity contribution is 5.69. The molecule has 2 heterocycles. The van der Waals surface area contributed by atoms with Crippen LogP contribution in [0, 0.1) is 0 Å². The second-order valence-corrected chi connectivity index (χ2v) is 18.6. The van der Waals surface area contributed by atoms with E-state index in [1.807, 2.05) is 0 Å². The smallest absolute Gasteiger partial charge is 0.306 e. The Kier molecular flexibility index (Phi) is 40.4. The monoisotopic (exact) mass is 1030 g/mol. The summed E-state index contributed by atoms with van der Waals surface area (Å²) < 4.78 is 34.3. The summed E-state index contributed by atoms with van der Waals surface area (Å²) in [5, 5.41) is 72.3. The zero-order valence-electron chi connectivity index (χ0n) is 44.3. The molecule has 0 saturated carbocycles. The van der Waals surface area contributed by atoms with Gasteiger partial charge in [0.25, 0.3) is 0 Å². The van der Waals surface area contributed by atoms with E-state index in [1.54, 1.807) is 0 Å². The van der Waals surface area contributed by atoms with Crippen molar-refractivity contribution in [3.63, 3.8) is 0 Å². The normalized spacial score (nSPS) is 25.8. The molecule has 2 aliphatic heterocycles. The molecule has 11 atom stereocenters. The standard InChI is InChI=1S/C59H96O14/c1-3-5-7-9-11-13-15-17-19-21-23-25-27-29-31-33-35-37-39-41-43-68-45-48(71-51(61)42-40-38-36-34-32-30-28-26-24-22-20-18-16-14-12-10-8-6-4-2)46-69-58-57(67)55(65)53(63)50(73-58)47-70-59-56(66)54(64)52(62)49(44-60)72-59/h5-8,11-14,17-20,23-26,30,32,48-50,52-60,62-67H,3-4,9-10,15-16,21-22,27-29,31,33-47H2,1-2H3/b7-5-,8-6-,13-11-,14-12-,19-17-,20-18-,25-23-,26-24-,32-30-. The first-order valence-electron chi connectivity index (χ1n) is 27.5. The number of allylic oxidation sites excluding steroid dienone is 18. The van der Waals surface area contributed by atoms with Gasteiger partial charge in [0.15, 0.2) is 12.6 Å². The fraction of sp³-hybridized carbons (Fsp3) is 0.678. The molecule has 0 aliphatic carbocycles. The molecule has 0 radical (unpaired) electrons. The Balaban J connectivity index is 1.77. The molecular weight excluding hydrogens is 933 g/mol. The Labute approximate surface area is 438 Å². The van der Waals surface area contributed by atoms with Crippen LogP contribution in [0.15, 0.2) is 109 Å². The molecule has 11 unspecified atom stereocenters. The first-order chi connectivity index (χ1) is 35.6. The molecule has 0 spiro atoms. The largest absolute Gasteiger partial charge is 0.457 e. The topological polar surface area (TPSA) is 214 Å². The van der Waals surface area contributed by atoms with Gasteiger partial charge in [0.1, 0.15) is 54.9 Å². The Morgan fingerprint density at radius 2 is 0.849 bits per heavy atom. The van der Waals surface area contributed by atoms with Crippen LogP contribution >= 0.6 is 0 Å². The highest BCUT2D eigenvalue weighted by Crippen LogP contribution is 2.26. The molecule has 416 valence electrons. The van der Waals surface area contributed by atoms with Crippen molar-refractivity contribution in [3.05, 3.63) is 109 Å². The summed E-state index contributed by atoms with van der Waals surface area (Å²) in [7, 11) is 0. The summed E-state index contributed by atoms with van der Waals surface area (Å²) >= 11 is 0. The molecule has 7 N–H and O–H groups in total. The van der Waals surface area contributed by atoms with E-state index in [0.717, 1.165) is 109 Å². The number of hydrogen-bond acceptors (Lipinski definition) is 14. The lowest BCUT2D eigenvalue weighted by molar-refractivity contribution is -0.332. The van der Waals surface area contributed by atoms with E-state index in [2.05, 4.69) is 123 Å². The van der Waals surface area contributed by atoms with Gasteiger partial charge >= 0.3 is 5.97 Å². The van der Waals surface area contributed by atoms with Crippen LogP contribution in [0.1, 0.15) is 155 Å². The zero-order valence-corrected chi connectivity index (χ0v) is 44.3. The minimum atomic E-state index is -1.72. The lowest BCUT2D eigenvalue weighted by atomic mass is 9.98. The van der Waals surface area contributed by atoms with Crippen LogP contribution in [0.4, 0.5) is 0 Å². The van der Waals surface area contributed by atoms with E-state index in [9.17, 15) is 40.5 Å². The average Bonchev–Trinajstić information content (AvgIpc) is 3.39. The molecular formula is C59H96O14. The number of aliphatic hydroxyl groups excluding tert-OH is 7. The lowest BCUT2D eigenvalue weighted by Crippen LogP contribution is -2.61. The van der Waals surface area contributed by atoms with Crippen molar-refractivity contribution in [2.24, 2.45) is 0 Å². The molecule has 2 fully saturated rings. The van der Waals surface area contributed by atoms with Gasteiger partial charge < -0.3 is 64.2 Å². The number of carbonyl (C=O) groups excluding carboxylic acids is 1. The SMILES string of the molecule is CC/C=C\C/C=C\C/C=C\C/C=C\C/C=C\CCCCCC(=O)OC(COCCCCCCCCC/C=C\C/C=C\C/C=C\C/C=C\CC)COC1OC(COC2OC(CO)C(O)C(O)C2O)C(O)C(O)C1O. The van der Waals surface area contributed by atoms with Crippen molar-refractivity contribution in [1.82, 2.24) is 0 Å². The second-order valence-electron chi connectivity index (χ2n) is 18.6. The average molecular weight is 1030 g/mol. The number of hydrogen-bond donors (Lipinski definition) is 7. The van der Waals surface area contributed by atoms with Crippen molar-refractivity contribution in [2.75, 3.05) is 33.0 Å². The van der Waals surface area contributed by atoms with E-state index in [1.165, 1.54) is 19.3 Å². The van der Waals surface area contributed by atoms with E-state index in [4.69, 9.17) is 28.4 Å².